The number of hydrogen-bond donors (Lipinski definition) is 2. The number of rotatable bonds is 1. The highest BCUT2D eigenvalue weighted by atomic mass is 16.6. The minimum Gasteiger partial charge on any atom is -0.387 e. The van der Waals surface area contributed by atoms with Gasteiger partial charge in [0.05, 0.1) is 11.7 Å². The SMILES string of the molecule is CC(C)C1CCC2(C)C1C1OC2(O)CCC1(C)O. The number of ether oxygens (including phenoxy) is 1. The van der Waals surface area contributed by atoms with Gasteiger partial charge in [-0.25, -0.2) is 0 Å². The largest absolute Gasteiger partial charge is 0.387 e. The van der Waals surface area contributed by atoms with Gasteiger partial charge in [0, 0.05) is 17.8 Å². The summed E-state index contributed by atoms with van der Waals surface area (Å²) in [7, 11) is 0. The standard InChI is InChI=1S/C15H26O3/c1-9(2)10-5-6-13(3)11(10)12-14(4,16)7-8-15(13,17)18-12/h9-12,16-17H,5-8H2,1-4H3. The summed E-state index contributed by atoms with van der Waals surface area (Å²) in [5.74, 6) is 0.423. The Bertz CT molecular complexity index is 365. The maximum Gasteiger partial charge on any atom is 0.171 e. The molecule has 2 N–H and O–H groups in total. The molecule has 2 heterocycles. The van der Waals surface area contributed by atoms with Gasteiger partial charge in [-0.1, -0.05) is 20.8 Å². The van der Waals surface area contributed by atoms with E-state index in [9.17, 15) is 10.2 Å². The molecule has 0 aromatic carbocycles. The first kappa shape index (κ1) is 12.9. The topological polar surface area (TPSA) is 49.7 Å². The van der Waals surface area contributed by atoms with Gasteiger partial charge in [-0.3, -0.25) is 0 Å². The third kappa shape index (κ3) is 1.36. The molecule has 0 aromatic rings. The maximum absolute atomic E-state index is 10.8. The number of hydrogen-bond acceptors (Lipinski definition) is 3. The van der Waals surface area contributed by atoms with Crippen LogP contribution in [0, 0.1) is 23.2 Å². The highest BCUT2D eigenvalue weighted by Crippen LogP contribution is 2.67. The quantitative estimate of drug-likeness (QED) is 0.755. The molecule has 2 saturated heterocycles. The van der Waals surface area contributed by atoms with Gasteiger partial charge >= 0.3 is 0 Å². The molecular weight excluding hydrogens is 228 g/mol. The summed E-state index contributed by atoms with van der Waals surface area (Å²) < 4.78 is 5.96. The molecule has 2 aliphatic heterocycles. The van der Waals surface area contributed by atoms with Gasteiger partial charge in [0.1, 0.15) is 0 Å². The van der Waals surface area contributed by atoms with E-state index in [4.69, 9.17) is 4.74 Å². The summed E-state index contributed by atoms with van der Waals surface area (Å²) in [4.78, 5) is 0. The van der Waals surface area contributed by atoms with Crippen molar-refractivity contribution in [3.8, 4) is 0 Å². The van der Waals surface area contributed by atoms with Crippen LogP contribution in [-0.2, 0) is 4.74 Å². The Hall–Kier alpha value is -0.120. The Morgan fingerprint density at radius 2 is 1.78 bits per heavy atom. The van der Waals surface area contributed by atoms with E-state index in [1.54, 1.807) is 0 Å². The molecule has 2 bridgehead atoms. The summed E-state index contributed by atoms with van der Waals surface area (Å²) >= 11 is 0. The molecule has 3 rings (SSSR count). The first-order valence-corrected chi connectivity index (χ1v) is 7.34. The Morgan fingerprint density at radius 1 is 1.11 bits per heavy atom. The molecule has 3 heteroatoms. The normalized spacial score (nSPS) is 59.2. The van der Waals surface area contributed by atoms with E-state index in [2.05, 4.69) is 20.8 Å². The second-order valence-electron chi connectivity index (χ2n) is 7.57. The molecule has 3 nitrogen and oxygen atoms in total. The molecule has 18 heavy (non-hydrogen) atoms. The lowest BCUT2D eigenvalue weighted by atomic mass is 9.69. The molecule has 0 aromatic heterocycles. The van der Waals surface area contributed by atoms with Crippen LogP contribution >= 0.6 is 0 Å². The monoisotopic (exact) mass is 254 g/mol. The molecule has 3 aliphatic rings. The van der Waals surface area contributed by atoms with Gasteiger partial charge in [-0.15, -0.1) is 0 Å². The Kier molecular flexibility index (Phi) is 2.51. The fourth-order valence-corrected chi connectivity index (χ4v) is 4.89. The molecule has 3 fully saturated rings. The number of aliphatic hydroxyl groups is 2. The summed E-state index contributed by atoms with van der Waals surface area (Å²) in [5.41, 5.74) is -0.959. The van der Waals surface area contributed by atoms with Crippen LogP contribution in [0.1, 0.15) is 53.4 Å². The van der Waals surface area contributed by atoms with Crippen molar-refractivity contribution in [2.24, 2.45) is 23.2 Å². The van der Waals surface area contributed by atoms with Gasteiger partial charge in [0.25, 0.3) is 0 Å². The van der Waals surface area contributed by atoms with Crippen molar-refractivity contribution in [1.82, 2.24) is 0 Å². The zero-order valence-corrected chi connectivity index (χ0v) is 11.9. The van der Waals surface area contributed by atoms with Crippen LogP contribution in [-0.4, -0.2) is 27.7 Å². The van der Waals surface area contributed by atoms with E-state index in [1.807, 2.05) is 6.92 Å². The van der Waals surface area contributed by atoms with E-state index in [-0.39, 0.29) is 11.5 Å². The first-order chi connectivity index (χ1) is 8.21. The van der Waals surface area contributed by atoms with Gasteiger partial charge in [-0.2, -0.15) is 0 Å². The van der Waals surface area contributed by atoms with Crippen LogP contribution in [0.5, 0.6) is 0 Å². The second kappa shape index (κ2) is 3.50. The zero-order chi connectivity index (χ0) is 13.3. The van der Waals surface area contributed by atoms with Crippen molar-refractivity contribution in [2.45, 2.75) is 70.9 Å². The molecular formula is C15H26O3. The van der Waals surface area contributed by atoms with Crippen molar-refractivity contribution in [3.63, 3.8) is 0 Å². The third-order valence-corrected chi connectivity index (χ3v) is 6.17. The van der Waals surface area contributed by atoms with Gasteiger partial charge in [0.15, 0.2) is 5.79 Å². The Balaban J connectivity index is 2.05. The molecule has 0 amide bonds. The lowest BCUT2D eigenvalue weighted by Crippen LogP contribution is -2.51. The van der Waals surface area contributed by atoms with Crippen molar-refractivity contribution in [1.29, 1.82) is 0 Å². The third-order valence-electron chi connectivity index (χ3n) is 6.17. The van der Waals surface area contributed by atoms with Gasteiger partial charge in [0.2, 0.25) is 0 Å². The van der Waals surface area contributed by atoms with Crippen molar-refractivity contribution in [3.05, 3.63) is 0 Å². The van der Waals surface area contributed by atoms with Gasteiger partial charge < -0.3 is 14.9 Å². The lowest BCUT2D eigenvalue weighted by Gasteiger charge is -2.42. The molecule has 104 valence electrons. The smallest absolute Gasteiger partial charge is 0.171 e. The Labute approximate surface area is 110 Å². The second-order valence-corrected chi connectivity index (χ2v) is 7.57. The molecule has 0 spiro atoms. The zero-order valence-electron chi connectivity index (χ0n) is 11.9. The van der Waals surface area contributed by atoms with Crippen LogP contribution in [0.25, 0.3) is 0 Å². The van der Waals surface area contributed by atoms with Crippen LogP contribution < -0.4 is 0 Å². The lowest BCUT2D eigenvalue weighted by molar-refractivity contribution is -0.288. The fourth-order valence-electron chi connectivity index (χ4n) is 4.89. The van der Waals surface area contributed by atoms with Crippen LogP contribution in [0.2, 0.25) is 0 Å². The Morgan fingerprint density at radius 3 is 2.39 bits per heavy atom. The minimum atomic E-state index is -1.01. The van der Waals surface area contributed by atoms with Crippen LogP contribution in [0.4, 0.5) is 0 Å². The minimum absolute atomic E-state index is 0.174. The van der Waals surface area contributed by atoms with Gasteiger partial charge in [-0.05, 0) is 38.0 Å². The molecule has 1 aliphatic carbocycles. The fraction of sp³-hybridized carbons (Fsp3) is 1.00. The van der Waals surface area contributed by atoms with Crippen molar-refractivity contribution in [2.75, 3.05) is 0 Å². The summed E-state index contributed by atoms with van der Waals surface area (Å²) in [5, 5.41) is 21.4. The van der Waals surface area contributed by atoms with E-state index in [1.165, 1.54) is 0 Å². The first-order valence-electron chi connectivity index (χ1n) is 7.34. The predicted molar refractivity (Wildman–Crippen MR) is 68.8 cm³/mol. The van der Waals surface area contributed by atoms with Crippen LogP contribution in [0.15, 0.2) is 0 Å². The van der Waals surface area contributed by atoms with E-state index in [0.717, 1.165) is 12.8 Å². The summed E-state index contributed by atoms with van der Waals surface area (Å²) in [6.45, 7) is 8.54. The van der Waals surface area contributed by atoms with Crippen LogP contribution in [0.3, 0.4) is 0 Å². The molecule has 6 unspecified atom stereocenters. The highest BCUT2D eigenvalue weighted by Gasteiger charge is 2.71. The molecule has 6 atom stereocenters. The molecule has 1 saturated carbocycles. The van der Waals surface area contributed by atoms with E-state index < -0.39 is 11.4 Å². The average Bonchev–Trinajstić information content (AvgIpc) is 2.69. The van der Waals surface area contributed by atoms with Crippen molar-refractivity contribution < 1.29 is 14.9 Å². The maximum atomic E-state index is 10.8. The van der Waals surface area contributed by atoms with E-state index in [0.29, 0.717) is 30.6 Å². The highest BCUT2D eigenvalue weighted by molar-refractivity contribution is 5.16. The number of fused-ring (bicyclic) bond motifs is 5. The van der Waals surface area contributed by atoms with Crippen molar-refractivity contribution >= 4 is 0 Å². The summed E-state index contributed by atoms with van der Waals surface area (Å²) in [6, 6.07) is 0. The average molecular weight is 254 g/mol. The predicted octanol–water partition coefficient (Wildman–Crippen LogP) is 2.31. The van der Waals surface area contributed by atoms with E-state index >= 15 is 0 Å². The summed E-state index contributed by atoms with van der Waals surface area (Å²) in [6.07, 6.45) is 3.18. The molecule has 0 radical (unpaired) electrons.